The summed E-state index contributed by atoms with van der Waals surface area (Å²) in [7, 11) is 0. The Morgan fingerprint density at radius 3 is 2.61 bits per heavy atom. The average molecular weight is 509 g/mol. The fraction of sp³-hybridized carbons (Fsp3) is 0.0833. The number of aromatic carboxylic acids is 1. The van der Waals surface area contributed by atoms with E-state index in [9.17, 15) is 19.1 Å². The average Bonchev–Trinajstić information content (AvgIpc) is 2.80. The minimum atomic E-state index is -1.06. The number of para-hydroxylation sites is 1. The number of nitrogens with zero attached hydrogens (tertiary/aromatic N) is 2. The van der Waals surface area contributed by atoms with Crippen LogP contribution in [0.4, 0.5) is 15.9 Å². The molecule has 4 aromatic rings. The van der Waals surface area contributed by atoms with E-state index in [1.807, 2.05) is 13.0 Å². The van der Waals surface area contributed by atoms with Crippen molar-refractivity contribution in [3.8, 4) is 0 Å². The molecule has 0 saturated heterocycles. The number of anilines is 2. The van der Waals surface area contributed by atoms with E-state index in [0.717, 1.165) is 5.56 Å². The van der Waals surface area contributed by atoms with Crippen LogP contribution < -0.4 is 10.6 Å². The number of hydrogen-bond donors (Lipinski definition) is 3. The summed E-state index contributed by atoms with van der Waals surface area (Å²) >= 11 is 3.07. The smallest absolute Gasteiger partial charge is 0.337 e. The van der Waals surface area contributed by atoms with E-state index in [4.69, 9.17) is 0 Å². The second-order valence-electron chi connectivity index (χ2n) is 7.30. The van der Waals surface area contributed by atoms with Gasteiger partial charge in [0.25, 0.3) is 5.91 Å². The van der Waals surface area contributed by atoms with Gasteiger partial charge < -0.3 is 15.7 Å². The predicted molar refractivity (Wildman–Crippen MR) is 127 cm³/mol. The molecule has 1 unspecified atom stereocenters. The lowest BCUT2D eigenvalue weighted by atomic mass is 10.1. The van der Waals surface area contributed by atoms with Gasteiger partial charge in [0.2, 0.25) is 0 Å². The molecule has 0 fully saturated rings. The Kier molecular flexibility index (Phi) is 6.32. The van der Waals surface area contributed by atoms with Gasteiger partial charge >= 0.3 is 5.97 Å². The number of fused-ring (bicyclic) bond motifs is 1. The largest absolute Gasteiger partial charge is 0.478 e. The molecule has 3 N–H and O–H groups in total. The number of hydrogen-bond acceptors (Lipinski definition) is 5. The molecule has 1 heterocycles. The van der Waals surface area contributed by atoms with Crippen LogP contribution in [0.3, 0.4) is 0 Å². The Morgan fingerprint density at radius 2 is 1.85 bits per heavy atom. The van der Waals surface area contributed by atoms with E-state index >= 15 is 0 Å². The minimum Gasteiger partial charge on any atom is -0.478 e. The highest BCUT2D eigenvalue weighted by Crippen LogP contribution is 2.27. The molecule has 7 nitrogen and oxygen atoms in total. The van der Waals surface area contributed by atoms with Gasteiger partial charge in [-0.3, -0.25) is 4.79 Å². The van der Waals surface area contributed by atoms with Crippen molar-refractivity contribution in [2.24, 2.45) is 0 Å². The third-order valence-corrected chi connectivity index (χ3v) is 5.72. The van der Waals surface area contributed by atoms with Gasteiger partial charge in [0.1, 0.15) is 18.0 Å². The third-order valence-electron chi connectivity index (χ3n) is 5.07. The molecule has 33 heavy (non-hydrogen) atoms. The van der Waals surface area contributed by atoms with Crippen LogP contribution in [0.15, 0.2) is 71.5 Å². The summed E-state index contributed by atoms with van der Waals surface area (Å²) in [5.74, 6) is -1.51. The summed E-state index contributed by atoms with van der Waals surface area (Å²) in [4.78, 5) is 32.4. The fourth-order valence-corrected chi connectivity index (χ4v) is 3.64. The van der Waals surface area contributed by atoms with E-state index in [1.54, 1.807) is 30.3 Å². The Morgan fingerprint density at radius 1 is 1.06 bits per heavy atom. The summed E-state index contributed by atoms with van der Waals surface area (Å²) in [5, 5.41) is 16.1. The summed E-state index contributed by atoms with van der Waals surface area (Å²) in [6.45, 7) is 1.92. The van der Waals surface area contributed by atoms with Crippen molar-refractivity contribution in [1.82, 2.24) is 9.97 Å². The predicted octanol–water partition coefficient (Wildman–Crippen LogP) is 5.66. The molecule has 0 aliphatic carbocycles. The number of carboxylic acids is 1. The molecule has 4 rings (SSSR count). The number of rotatable bonds is 6. The van der Waals surface area contributed by atoms with Gasteiger partial charge in [0, 0.05) is 16.6 Å². The van der Waals surface area contributed by atoms with E-state index < -0.39 is 17.7 Å². The van der Waals surface area contributed by atoms with E-state index in [-0.39, 0.29) is 21.6 Å². The highest BCUT2D eigenvalue weighted by atomic mass is 79.9. The summed E-state index contributed by atoms with van der Waals surface area (Å²) < 4.78 is 14.0. The van der Waals surface area contributed by atoms with Gasteiger partial charge in [-0.15, -0.1) is 0 Å². The number of aromatic nitrogens is 2. The van der Waals surface area contributed by atoms with Crippen LogP contribution in [0.1, 0.15) is 39.2 Å². The van der Waals surface area contributed by atoms with Crippen LogP contribution in [-0.2, 0) is 0 Å². The number of halogens is 2. The Hall–Kier alpha value is -3.85. The first-order valence-electron chi connectivity index (χ1n) is 9.93. The zero-order valence-electron chi connectivity index (χ0n) is 17.3. The van der Waals surface area contributed by atoms with E-state index in [0.29, 0.717) is 22.4 Å². The zero-order valence-corrected chi connectivity index (χ0v) is 18.9. The lowest BCUT2D eigenvalue weighted by Gasteiger charge is -2.17. The van der Waals surface area contributed by atoms with Crippen molar-refractivity contribution in [1.29, 1.82) is 0 Å². The molecule has 0 aliphatic rings. The summed E-state index contributed by atoms with van der Waals surface area (Å²) in [5.41, 5.74) is 2.05. The van der Waals surface area contributed by atoms with Gasteiger partial charge in [-0.1, -0.05) is 18.2 Å². The highest BCUT2D eigenvalue weighted by Gasteiger charge is 2.15. The van der Waals surface area contributed by atoms with Crippen molar-refractivity contribution in [2.45, 2.75) is 13.0 Å². The molecule has 1 aromatic heterocycles. The number of nitrogens with one attached hydrogen (secondary N) is 2. The van der Waals surface area contributed by atoms with E-state index in [1.165, 1.54) is 30.6 Å². The molecular formula is C24H18BrFN4O3. The van der Waals surface area contributed by atoms with Crippen LogP contribution in [0.2, 0.25) is 0 Å². The number of carboxylic acid groups (broad SMARTS) is 1. The van der Waals surface area contributed by atoms with Crippen LogP contribution in [0, 0.1) is 5.82 Å². The van der Waals surface area contributed by atoms with Crippen LogP contribution in [0.5, 0.6) is 0 Å². The highest BCUT2D eigenvalue weighted by molar-refractivity contribution is 9.10. The molecule has 9 heteroatoms. The standard InChI is InChI=1S/C24H18BrFN4O3/c1-13(29-22-17-6-3-7-18(24(32)33)21(17)27-12-28-22)14-4-2-5-16(10-14)30-23(31)15-8-9-19(25)20(26)11-15/h2-13H,1H3,(H,30,31)(H,32,33)(H,27,28,29). The fourth-order valence-electron chi connectivity index (χ4n) is 3.39. The lowest BCUT2D eigenvalue weighted by molar-refractivity contribution is 0.0698. The van der Waals surface area contributed by atoms with Gasteiger partial charge in [0.15, 0.2) is 0 Å². The van der Waals surface area contributed by atoms with Gasteiger partial charge in [-0.05, 0) is 70.9 Å². The first-order valence-corrected chi connectivity index (χ1v) is 10.7. The van der Waals surface area contributed by atoms with Crippen molar-refractivity contribution < 1.29 is 19.1 Å². The van der Waals surface area contributed by atoms with Crippen LogP contribution >= 0.6 is 15.9 Å². The van der Waals surface area contributed by atoms with Crippen LogP contribution in [-0.4, -0.2) is 27.0 Å². The Bertz CT molecular complexity index is 1380. The number of benzene rings is 3. The summed E-state index contributed by atoms with van der Waals surface area (Å²) in [6.07, 6.45) is 1.32. The topological polar surface area (TPSA) is 104 Å². The third kappa shape index (κ3) is 4.83. The zero-order chi connectivity index (χ0) is 23.5. The van der Waals surface area contributed by atoms with Crippen molar-refractivity contribution in [3.05, 3.63) is 94.0 Å². The summed E-state index contributed by atoms with van der Waals surface area (Å²) in [6, 6.07) is 16.1. The number of carbonyl (C=O) groups is 2. The Labute approximate surface area is 196 Å². The molecule has 1 amide bonds. The maximum absolute atomic E-state index is 13.8. The monoisotopic (exact) mass is 508 g/mol. The van der Waals surface area contributed by atoms with Crippen molar-refractivity contribution in [2.75, 3.05) is 10.6 Å². The Balaban J connectivity index is 1.55. The molecule has 0 spiro atoms. The first-order chi connectivity index (χ1) is 15.8. The number of amides is 1. The first kappa shape index (κ1) is 22.3. The molecular weight excluding hydrogens is 491 g/mol. The minimum absolute atomic E-state index is 0.0969. The lowest BCUT2D eigenvalue weighted by Crippen LogP contribution is -2.13. The van der Waals surface area contributed by atoms with Gasteiger partial charge in [-0.25, -0.2) is 19.2 Å². The van der Waals surface area contributed by atoms with Gasteiger partial charge in [-0.2, -0.15) is 0 Å². The van der Waals surface area contributed by atoms with Crippen molar-refractivity contribution in [3.63, 3.8) is 0 Å². The molecule has 0 aliphatic heterocycles. The second kappa shape index (κ2) is 9.33. The molecule has 3 aromatic carbocycles. The molecule has 1 atom stereocenters. The van der Waals surface area contributed by atoms with Crippen LogP contribution in [0.25, 0.3) is 10.9 Å². The van der Waals surface area contributed by atoms with E-state index in [2.05, 4.69) is 36.5 Å². The normalized spacial score (nSPS) is 11.7. The molecule has 166 valence electrons. The molecule has 0 saturated carbocycles. The van der Waals surface area contributed by atoms with Crippen molar-refractivity contribution >= 4 is 50.2 Å². The SMILES string of the molecule is CC(Nc1ncnc2c(C(=O)O)cccc12)c1cccc(NC(=O)c2ccc(Br)c(F)c2)c1. The quantitative estimate of drug-likeness (QED) is 0.310. The maximum Gasteiger partial charge on any atom is 0.337 e. The molecule has 0 radical (unpaired) electrons. The van der Waals surface area contributed by atoms with Gasteiger partial charge in [0.05, 0.1) is 21.6 Å². The number of carbonyl (C=O) groups excluding carboxylic acids is 1. The maximum atomic E-state index is 13.8. The second-order valence-corrected chi connectivity index (χ2v) is 8.16. The molecule has 0 bridgehead atoms.